The molecule has 2 fully saturated rings. The van der Waals surface area contributed by atoms with Gasteiger partial charge in [-0.15, -0.1) is 0 Å². The number of nitrogens with zero attached hydrogens (tertiary/aromatic N) is 1. The number of hydrogen-bond donors (Lipinski definition) is 1. The standard InChI is InChI=1S/C9H16N2O/c1-9(2-3-9)11-6-7(5-10)4-8(11)12/h7H,2-6,10H2,1H3. The Morgan fingerprint density at radius 2 is 2.33 bits per heavy atom. The molecule has 1 amide bonds. The van der Waals surface area contributed by atoms with Gasteiger partial charge in [-0.25, -0.2) is 0 Å². The minimum Gasteiger partial charge on any atom is -0.337 e. The summed E-state index contributed by atoms with van der Waals surface area (Å²) in [5.74, 6) is 0.723. The normalized spacial score (nSPS) is 32.7. The number of amides is 1. The Balaban J connectivity index is 2.04. The number of hydrogen-bond acceptors (Lipinski definition) is 2. The maximum absolute atomic E-state index is 11.5. The summed E-state index contributed by atoms with van der Waals surface area (Å²) >= 11 is 0. The van der Waals surface area contributed by atoms with E-state index in [0.717, 1.165) is 6.54 Å². The third kappa shape index (κ3) is 1.12. The van der Waals surface area contributed by atoms with Crippen LogP contribution in [-0.2, 0) is 4.79 Å². The van der Waals surface area contributed by atoms with Crippen molar-refractivity contribution in [2.24, 2.45) is 11.7 Å². The highest BCUT2D eigenvalue weighted by Crippen LogP contribution is 2.43. The van der Waals surface area contributed by atoms with E-state index in [4.69, 9.17) is 5.73 Å². The largest absolute Gasteiger partial charge is 0.337 e. The van der Waals surface area contributed by atoms with Crippen LogP contribution in [0.3, 0.4) is 0 Å². The first-order valence-corrected chi connectivity index (χ1v) is 4.66. The Hall–Kier alpha value is -0.570. The van der Waals surface area contributed by atoms with Gasteiger partial charge in [-0.05, 0) is 32.2 Å². The third-order valence-electron chi connectivity index (χ3n) is 3.16. The van der Waals surface area contributed by atoms with Gasteiger partial charge in [-0.1, -0.05) is 0 Å². The molecule has 0 aromatic rings. The number of carbonyl (C=O) groups is 1. The van der Waals surface area contributed by atoms with E-state index in [2.05, 4.69) is 6.92 Å². The first-order chi connectivity index (χ1) is 5.65. The van der Waals surface area contributed by atoms with Crippen LogP contribution in [0, 0.1) is 5.92 Å². The van der Waals surface area contributed by atoms with Crippen LogP contribution < -0.4 is 5.73 Å². The first kappa shape index (κ1) is 8.05. The highest BCUT2D eigenvalue weighted by molar-refractivity contribution is 5.80. The van der Waals surface area contributed by atoms with Crippen molar-refractivity contribution < 1.29 is 4.79 Å². The monoisotopic (exact) mass is 168 g/mol. The van der Waals surface area contributed by atoms with Gasteiger partial charge in [-0.3, -0.25) is 4.79 Å². The maximum atomic E-state index is 11.5. The zero-order valence-corrected chi connectivity index (χ0v) is 7.55. The van der Waals surface area contributed by atoms with Gasteiger partial charge in [0, 0.05) is 18.5 Å². The Morgan fingerprint density at radius 3 is 2.75 bits per heavy atom. The quantitative estimate of drug-likeness (QED) is 0.646. The van der Waals surface area contributed by atoms with E-state index in [1.807, 2.05) is 4.90 Å². The predicted octanol–water partition coefficient (Wildman–Crippen LogP) is 0.346. The Bertz CT molecular complexity index is 211. The van der Waals surface area contributed by atoms with Crippen molar-refractivity contribution in [3.8, 4) is 0 Å². The molecule has 0 bridgehead atoms. The lowest BCUT2D eigenvalue weighted by Crippen LogP contribution is -2.36. The summed E-state index contributed by atoms with van der Waals surface area (Å²) < 4.78 is 0. The van der Waals surface area contributed by atoms with Crippen molar-refractivity contribution in [2.45, 2.75) is 31.7 Å². The fourth-order valence-corrected chi connectivity index (χ4v) is 1.91. The summed E-state index contributed by atoms with van der Waals surface area (Å²) in [7, 11) is 0. The van der Waals surface area contributed by atoms with Crippen molar-refractivity contribution in [3.63, 3.8) is 0 Å². The second-order valence-electron chi connectivity index (χ2n) is 4.31. The number of nitrogens with two attached hydrogens (primary N) is 1. The van der Waals surface area contributed by atoms with Crippen molar-refractivity contribution in [2.75, 3.05) is 13.1 Å². The lowest BCUT2D eigenvalue weighted by Gasteiger charge is -2.24. The molecule has 1 heterocycles. The molecular formula is C9H16N2O. The predicted molar refractivity (Wildman–Crippen MR) is 46.5 cm³/mol. The molecule has 2 N–H and O–H groups in total. The van der Waals surface area contributed by atoms with Gasteiger partial charge in [0.05, 0.1) is 0 Å². The maximum Gasteiger partial charge on any atom is 0.223 e. The average Bonchev–Trinajstić information content (AvgIpc) is 2.64. The Labute approximate surface area is 72.9 Å². The summed E-state index contributed by atoms with van der Waals surface area (Å²) in [6.07, 6.45) is 3.03. The molecule has 0 aromatic carbocycles. The molecule has 1 aliphatic heterocycles. The molecule has 0 spiro atoms. The lowest BCUT2D eigenvalue weighted by atomic mass is 10.1. The molecule has 12 heavy (non-hydrogen) atoms. The fraction of sp³-hybridized carbons (Fsp3) is 0.889. The van der Waals surface area contributed by atoms with E-state index in [1.54, 1.807) is 0 Å². The minimum atomic E-state index is 0.209. The molecule has 1 saturated heterocycles. The van der Waals surface area contributed by atoms with Crippen molar-refractivity contribution in [3.05, 3.63) is 0 Å². The highest BCUT2D eigenvalue weighted by Gasteiger charge is 2.48. The van der Waals surface area contributed by atoms with Crippen LogP contribution in [0.15, 0.2) is 0 Å². The van der Waals surface area contributed by atoms with E-state index >= 15 is 0 Å². The van der Waals surface area contributed by atoms with Gasteiger partial charge in [-0.2, -0.15) is 0 Å². The smallest absolute Gasteiger partial charge is 0.223 e. The van der Waals surface area contributed by atoms with Gasteiger partial charge in [0.15, 0.2) is 0 Å². The molecule has 3 heteroatoms. The summed E-state index contributed by atoms with van der Waals surface area (Å²) in [6.45, 7) is 3.72. The summed E-state index contributed by atoms with van der Waals surface area (Å²) in [5.41, 5.74) is 5.75. The molecule has 1 atom stereocenters. The van der Waals surface area contributed by atoms with Crippen molar-refractivity contribution in [1.82, 2.24) is 4.90 Å². The van der Waals surface area contributed by atoms with Crippen LogP contribution in [0.5, 0.6) is 0 Å². The SMILES string of the molecule is CC1(N2CC(CN)CC2=O)CC1. The summed E-state index contributed by atoms with van der Waals surface area (Å²) in [4.78, 5) is 13.5. The average molecular weight is 168 g/mol. The molecule has 68 valence electrons. The molecule has 1 aliphatic carbocycles. The fourth-order valence-electron chi connectivity index (χ4n) is 1.91. The van der Waals surface area contributed by atoms with Crippen LogP contribution in [0.25, 0.3) is 0 Å². The van der Waals surface area contributed by atoms with Gasteiger partial charge in [0.2, 0.25) is 5.91 Å². The molecule has 2 aliphatic rings. The van der Waals surface area contributed by atoms with Crippen molar-refractivity contribution in [1.29, 1.82) is 0 Å². The van der Waals surface area contributed by atoms with E-state index in [1.165, 1.54) is 12.8 Å². The first-order valence-electron chi connectivity index (χ1n) is 4.66. The van der Waals surface area contributed by atoms with Gasteiger partial charge in [0.1, 0.15) is 0 Å². The zero-order chi connectivity index (χ0) is 8.77. The summed E-state index contributed by atoms with van der Waals surface area (Å²) in [5, 5.41) is 0. The van der Waals surface area contributed by atoms with E-state index < -0.39 is 0 Å². The molecule has 0 aromatic heterocycles. The minimum absolute atomic E-state index is 0.209. The Morgan fingerprint density at radius 1 is 1.67 bits per heavy atom. The van der Waals surface area contributed by atoms with Crippen molar-refractivity contribution >= 4 is 5.91 Å². The topological polar surface area (TPSA) is 46.3 Å². The molecule has 0 radical (unpaired) electrons. The molecule has 2 rings (SSSR count). The molecular weight excluding hydrogens is 152 g/mol. The van der Waals surface area contributed by atoms with Gasteiger partial charge in [0.25, 0.3) is 0 Å². The summed E-state index contributed by atoms with van der Waals surface area (Å²) in [6, 6.07) is 0. The Kier molecular flexibility index (Phi) is 1.65. The molecule has 1 unspecified atom stereocenters. The van der Waals surface area contributed by atoms with Crippen LogP contribution in [0.4, 0.5) is 0 Å². The molecule has 1 saturated carbocycles. The van der Waals surface area contributed by atoms with Gasteiger partial charge >= 0.3 is 0 Å². The van der Waals surface area contributed by atoms with Gasteiger partial charge < -0.3 is 10.6 Å². The zero-order valence-electron chi connectivity index (χ0n) is 7.55. The van der Waals surface area contributed by atoms with Crippen LogP contribution in [0.2, 0.25) is 0 Å². The third-order valence-corrected chi connectivity index (χ3v) is 3.16. The lowest BCUT2D eigenvalue weighted by molar-refractivity contribution is -0.130. The second-order valence-corrected chi connectivity index (χ2v) is 4.31. The van der Waals surface area contributed by atoms with E-state index in [9.17, 15) is 4.79 Å². The number of rotatable bonds is 2. The van der Waals surface area contributed by atoms with Crippen LogP contribution in [-0.4, -0.2) is 29.4 Å². The van der Waals surface area contributed by atoms with E-state index in [0.29, 0.717) is 24.8 Å². The highest BCUT2D eigenvalue weighted by atomic mass is 16.2. The van der Waals surface area contributed by atoms with Crippen LogP contribution in [0.1, 0.15) is 26.2 Å². The van der Waals surface area contributed by atoms with Crippen LogP contribution >= 0.6 is 0 Å². The number of carbonyl (C=O) groups excluding carboxylic acids is 1. The number of likely N-dealkylation sites (tertiary alicyclic amines) is 1. The second kappa shape index (κ2) is 2.46. The molecule has 3 nitrogen and oxygen atoms in total. The van der Waals surface area contributed by atoms with E-state index in [-0.39, 0.29) is 5.54 Å².